The summed E-state index contributed by atoms with van der Waals surface area (Å²) in [7, 11) is 0. The number of unbranched alkanes of at least 4 members (excludes halogenated alkanes) is 1. The van der Waals surface area contributed by atoms with Gasteiger partial charge in [-0.15, -0.1) is 0 Å². The van der Waals surface area contributed by atoms with E-state index in [2.05, 4.69) is 5.32 Å². The summed E-state index contributed by atoms with van der Waals surface area (Å²) in [5, 5.41) is 2.77. The highest BCUT2D eigenvalue weighted by Crippen LogP contribution is 2.35. The van der Waals surface area contributed by atoms with Gasteiger partial charge < -0.3 is 10.2 Å². The number of nitrogens with zero attached hydrogens (tertiary/aromatic N) is 2. The van der Waals surface area contributed by atoms with Crippen molar-refractivity contribution < 1.29 is 23.2 Å². The van der Waals surface area contributed by atoms with E-state index in [1.54, 1.807) is 23.1 Å². The van der Waals surface area contributed by atoms with Gasteiger partial charge in [0.25, 0.3) is 5.91 Å². The van der Waals surface area contributed by atoms with Crippen molar-refractivity contribution in [2.45, 2.75) is 57.2 Å². The molecule has 174 valence electrons. The van der Waals surface area contributed by atoms with E-state index in [1.807, 2.05) is 6.92 Å². The van der Waals surface area contributed by atoms with Crippen molar-refractivity contribution in [3.63, 3.8) is 0 Å². The van der Waals surface area contributed by atoms with E-state index >= 15 is 0 Å². The molecule has 1 aliphatic carbocycles. The smallest absolute Gasteiger partial charge is 0.325 e. The second-order valence-electron chi connectivity index (χ2n) is 8.68. The molecule has 2 aromatic rings. The number of urea groups is 1. The summed E-state index contributed by atoms with van der Waals surface area (Å²) in [6.45, 7) is 1.63. The first-order chi connectivity index (χ1) is 15.9. The predicted octanol–water partition coefficient (Wildman–Crippen LogP) is 4.09. The van der Waals surface area contributed by atoms with Crippen molar-refractivity contribution in [3.8, 4) is 0 Å². The van der Waals surface area contributed by atoms with E-state index in [-0.39, 0.29) is 12.6 Å². The third-order valence-corrected chi connectivity index (χ3v) is 6.32. The zero-order valence-corrected chi connectivity index (χ0v) is 18.5. The molecule has 4 rings (SSSR count). The summed E-state index contributed by atoms with van der Waals surface area (Å²) in [4.78, 5) is 42.0. The molecule has 1 saturated carbocycles. The van der Waals surface area contributed by atoms with E-state index in [0.717, 1.165) is 24.2 Å². The average molecular weight is 456 g/mol. The second-order valence-corrected chi connectivity index (χ2v) is 8.68. The molecule has 0 bridgehead atoms. The van der Waals surface area contributed by atoms with Crippen molar-refractivity contribution in [2.24, 2.45) is 0 Å². The SMILES string of the molecule is CCCCC1(c2ccc(F)cc2)NC(=O)N(CC(=O)N(Cc2ccccc2F)C2CC2)C1=O. The molecule has 2 aromatic carbocycles. The van der Waals surface area contributed by atoms with E-state index in [9.17, 15) is 23.2 Å². The van der Waals surface area contributed by atoms with E-state index in [4.69, 9.17) is 0 Å². The van der Waals surface area contributed by atoms with Gasteiger partial charge in [0.1, 0.15) is 23.7 Å². The highest BCUT2D eigenvalue weighted by Gasteiger charge is 2.52. The van der Waals surface area contributed by atoms with Crippen LogP contribution in [-0.2, 0) is 21.7 Å². The summed E-state index contributed by atoms with van der Waals surface area (Å²) >= 11 is 0. The minimum atomic E-state index is -1.34. The average Bonchev–Trinajstić information content (AvgIpc) is 3.61. The number of hydrogen-bond donors (Lipinski definition) is 1. The molecular weight excluding hydrogens is 428 g/mol. The Kier molecular flexibility index (Phi) is 6.44. The normalized spacial score (nSPS) is 20.2. The van der Waals surface area contributed by atoms with Crippen LogP contribution in [0, 0.1) is 11.6 Å². The summed E-state index contributed by atoms with van der Waals surface area (Å²) in [5.74, 6) is -1.78. The monoisotopic (exact) mass is 455 g/mol. The molecule has 1 N–H and O–H groups in total. The van der Waals surface area contributed by atoms with Crippen molar-refractivity contribution >= 4 is 17.8 Å². The maximum atomic E-state index is 14.2. The Hall–Kier alpha value is -3.29. The van der Waals surface area contributed by atoms with Gasteiger partial charge in [0.15, 0.2) is 0 Å². The van der Waals surface area contributed by atoms with Gasteiger partial charge in [-0.3, -0.25) is 14.5 Å². The summed E-state index contributed by atoms with van der Waals surface area (Å²) in [5.41, 5.74) is -0.466. The Morgan fingerprint density at radius 3 is 2.45 bits per heavy atom. The van der Waals surface area contributed by atoms with E-state index in [0.29, 0.717) is 24.0 Å². The summed E-state index contributed by atoms with van der Waals surface area (Å²) in [6, 6.07) is 11.0. The molecule has 2 aliphatic rings. The number of halogens is 2. The van der Waals surface area contributed by atoms with Gasteiger partial charge in [0, 0.05) is 18.2 Å². The number of rotatable bonds is 9. The molecule has 0 radical (unpaired) electrons. The molecular formula is C25H27F2N3O3. The number of carbonyl (C=O) groups excluding carboxylic acids is 3. The number of amides is 4. The van der Waals surface area contributed by atoms with Crippen LogP contribution < -0.4 is 5.32 Å². The topological polar surface area (TPSA) is 69.7 Å². The van der Waals surface area contributed by atoms with Crippen LogP contribution in [0.1, 0.15) is 50.2 Å². The number of carbonyl (C=O) groups is 3. The fourth-order valence-corrected chi connectivity index (χ4v) is 4.30. The van der Waals surface area contributed by atoms with E-state index in [1.165, 1.54) is 30.3 Å². The van der Waals surface area contributed by atoms with Gasteiger partial charge in [-0.2, -0.15) is 0 Å². The lowest BCUT2D eigenvalue weighted by Crippen LogP contribution is -2.46. The molecule has 2 fully saturated rings. The fourth-order valence-electron chi connectivity index (χ4n) is 4.30. The van der Waals surface area contributed by atoms with Crippen LogP contribution in [0.15, 0.2) is 48.5 Å². The Balaban J connectivity index is 1.56. The molecule has 1 aliphatic heterocycles. The summed E-state index contributed by atoms with van der Waals surface area (Å²) in [6.07, 6.45) is 3.40. The molecule has 1 heterocycles. The maximum absolute atomic E-state index is 14.2. The lowest BCUT2D eigenvalue weighted by Gasteiger charge is -2.28. The van der Waals surface area contributed by atoms with Gasteiger partial charge in [-0.1, -0.05) is 50.1 Å². The highest BCUT2D eigenvalue weighted by molar-refractivity contribution is 6.09. The van der Waals surface area contributed by atoms with Crippen molar-refractivity contribution in [3.05, 3.63) is 71.3 Å². The Labute approximate surface area is 191 Å². The van der Waals surface area contributed by atoms with Gasteiger partial charge in [0.2, 0.25) is 5.91 Å². The van der Waals surface area contributed by atoms with Crippen LogP contribution in [0.3, 0.4) is 0 Å². The number of imide groups is 1. The first-order valence-corrected chi connectivity index (χ1v) is 11.3. The van der Waals surface area contributed by atoms with Crippen LogP contribution in [0.4, 0.5) is 13.6 Å². The second kappa shape index (κ2) is 9.29. The first-order valence-electron chi connectivity index (χ1n) is 11.3. The molecule has 8 heteroatoms. The van der Waals surface area contributed by atoms with Gasteiger partial charge in [-0.25, -0.2) is 13.6 Å². The Morgan fingerprint density at radius 1 is 1.12 bits per heavy atom. The number of nitrogens with one attached hydrogen (secondary N) is 1. The van der Waals surface area contributed by atoms with Crippen molar-refractivity contribution in [2.75, 3.05) is 6.54 Å². The van der Waals surface area contributed by atoms with Gasteiger partial charge in [-0.05, 0) is 43.0 Å². The first kappa shape index (κ1) is 22.9. The number of benzene rings is 2. The lowest BCUT2D eigenvalue weighted by atomic mass is 9.85. The molecule has 1 atom stereocenters. The molecule has 0 aromatic heterocycles. The van der Waals surface area contributed by atoms with Gasteiger partial charge >= 0.3 is 6.03 Å². The largest absolute Gasteiger partial charge is 0.334 e. The third kappa shape index (κ3) is 4.60. The molecule has 6 nitrogen and oxygen atoms in total. The minimum Gasteiger partial charge on any atom is -0.334 e. The highest BCUT2D eigenvalue weighted by atomic mass is 19.1. The van der Waals surface area contributed by atoms with Gasteiger partial charge in [0.05, 0.1) is 0 Å². The Bertz CT molecular complexity index is 1060. The van der Waals surface area contributed by atoms with Crippen molar-refractivity contribution in [1.82, 2.24) is 15.1 Å². The van der Waals surface area contributed by atoms with Crippen LogP contribution >= 0.6 is 0 Å². The maximum Gasteiger partial charge on any atom is 0.325 e. The molecule has 1 saturated heterocycles. The quantitative estimate of drug-likeness (QED) is 0.579. The lowest BCUT2D eigenvalue weighted by molar-refractivity contribution is -0.140. The fraction of sp³-hybridized carbons (Fsp3) is 0.400. The molecule has 4 amide bonds. The van der Waals surface area contributed by atoms with Crippen LogP contribution in [-0.4, -0.2) is 40.2 Å². The van der Waals surface area contributed by atoms with Crippen LogP contribution in [0.2, 0.25) is 0 Å². The zero-order chi connectivity index (χ0) is 23.6. The van der Waals surface area contributed by atoms with Crippen LogP contribution in [0.5, 0.6) is 0 Å². The zero-order valence-electron chi connectivity index (χ0n) is 18.5. The molecule has 0 spiro atoms. The summed E-state index contributed by atoms with van der Waals surface area (Å²) < 4.78 is 27.7. The third-order valence-electron chi connectivity index (χ3n) is 6.32. The van der Waals surface area contributed by atoms with Crippen molar-refractivity contribution in [1.29, 1.82) is 0 Å². The van der Waals surface area contributed by atoms with E-state index < -0.39 is 41.6 Å². The number of hydrogen-bond acceptors (Lipinski definition) is 3. The Morgan fingerprint density at radius 2 is 1.82 bits per heavy atom. The minimum absolute atomic E-state index is 0.0279. The predicted molar refractivity (Wildman–Crippen MR) is 118 cm³/mol. The standard InChI is InChI=1S/C25H27F2N3O3/c1-2-3-14-25(18-8-10-19(26)11-9-18)23(32)30(24(33)28-25)16-22(31)29(20-12-13-20)15-17-6-4-5-7-21(17)27/h4-11,20H,2-3,12-16H2,1H3,(H,28,33). The molecule has 33 heavy (non-hydrogen) atoms. The van der Waals surface area contributed by atoms with Crippen LogP contribution in [0.25, 0.3) is 0 Å². The molecule has 1 unspecified atom stereocenters.